The van der Waals surface area contributed by atoms with Crippen LogP contribution < -0.4 is 5.32 Å². The van der Waals surface area contributed by atoms with Crippen molar-refractivity contribution in [3.05, 3.63) is 36.2 Å². The molecule has 0 aliphatic heterocycles. The van der Waals surface area contributed by atoms with Gasteiger partial charge >= 0.3 is 6.18 Å². The van der Waals surface area contributed by atoms with Crippen LogP contribution in [0.2, 0.25) is 0 Å². The number of amides is 1. The average molecular weight is 285 g/mol. The molecule has 0 fully saturated rings. The topological polar surface area (TPSA) is 68.0 Å². The average Bonchev–Trinajstić information content (AvgIpc) is 2.84. The van der Waals surface area contributed by atoms with Crippen molar-refractivity contribution < 1.29 is 22.5 Å². The Bertz CT molecular complexity index is 581. The lowest BCUT2D eigenvalue weighted by molar-refractivity contribution is -0.153. The third kappa shape index (κ3) is 4.08. The second-order valence-electron chi connectivity index (χ2n) is 3.95. The normalized spacial score (nSPS) is 11.3. The fourth-order valence-electron chi connectivity index (χ4n) is 1.45. The molecule has 8 heteroatoms. The molecule has 20 heavy (non-hydrogen) atoms. The molecule has 0 atom stereocenters. The van der Waals surface area contributed by atoms with Gasteiger partial charge in [-0.05, 0) is 12.1 Å². The van der Waals surface area contributed by atoms with Gasteiger partial charge in [0.1, 0.15) is 6.42 Å². The minimum absolute atomic E-state index is 0.111. The molecule has 106 valence electrons. The number of aromatic nitrogens is 2. The highest BCUT2D eigenvalue weighted by Crippen LogP contribution is 2.19. The molecule has 0 saturated carbocycles. The maximum Gasteiger partial charge on any atom is 0.397 e. The Morgan fingerprint density at radius 1 is 1.25 bits per heavy atom. The molecule has 0 saturated heterocycles. The Kier molecular flexibility index (Phi) is 4.02. The molecule has 1 aromatic carbocycles. The SMILES string of the molecule is O=C(CC(F)(F)F)NCc1noc(-c2ccccc2)n1. The van der Waals surface area contributed by atoms with E-state index < -0.39 is 18.5 Å². The minimum Gasteiger partial charge on any atom is -0.348 e. The molecule has 0 aliphatic carbocycles. The Morgan fingerprint density at radius 2 is 1.95 bits per heavy atom. The smallest absolute Gasteiger partial charge is 0.348 e. The van der Waals surface area contributed by atoms with Crippen LogP contribution in [-0.2, 0) is 11.3 Å². The van der Waals surface area contributed by atoms with Crippen molar-refractivity contribution in [2.75, 3.05) is 0 Å². The highest BCUT2D eigenvalue weighted by Gasteiger charge is 2.31. The molecule has 1 heterocycles. The summed E-state index contributed by atoms with van der Waals surface area (Å²) >= 11 is 0. The number of nitrogens with zero attached hydrogens (tertiary/aromatic N) is 2. The third-order valence-corrected chi connectivity index (χ3v) is 2.29. The van der Waals surface area contributed by atoms with Gasteiger partial charge in [-0.1, -0.05) is 23.4 Å². The summed E-state index contributed by atoms with van der Waals surface area (Å²) in [5, 5.41) is 5.66. The van der Waals surface area contributed by atoms with Gasteiger partial charge < -0.3 is 9.84 Å². The number of rotatable bonds is 4. The standard InChI is InChI=1S/C12H10F3N3O2/c13-12(14,15)6-10(19)16-7-9-17-11(20-18-9)8-4-2-1-3-5-8/h1-5H,6-7H2,(H,16,19). The molecular formula is C12H10F3N3O2. The zero-order chi connectivity index (χ0) is 14.6. The molecule has 1 amide bonds. The van der Waals surface area contributed by atoms with Crippen LogP contribution in [0.25, 0.3) is 11.5 Å². The summed E-state index contributed by atoms with van der Waals surface area (Å²) in [5.41, 5.74) is 0.688. The molecule has 1 N–H and O–H groups in total. The van der Waals surface area contributed by atoms with Crippen molar-refractivity contribution in [3.63, 3.8) is 0 Å². The van der Waals surface area contributed by atoms with Crippen molar-refractivity contribution in [3.8, 4) is 11.5 Å². The first kappa shape index (κ1) is 14.0. The summed E-state index contributed by atoms with van der Waals surface area (Å²) in [4.78, 5) is 15.0. The van der Waals surface area contributed by atoms with E-state index in [0.717, 1.165) is 0 Å². The predicted molar refractivity (Wildman–Crippen MR) is 62.3 cm³/mol. The number of nitrogens with one attached hydrogen (secondary N) is 1. The lowest BCUT2D eigenvalue weighted by Gasteiger charge is -2.05. The van der Waals surface area contributed by atoms with Crippen molar-refractivity contribution in [2.24, 2.45) is 0 Å². The number of carbonyl (C=O) groups excluding carboxylic acids is 1. The maximum atomic E-state index is 11.9. The van der Waals surface area contributed by atoms with Crippen molar-refractivity contribution in [2.45, 2.75) is 19.1 Å². The first-order chi connectivity index (χ1) is 9.44. The fraction of sp³-hybridized carbons (Fsp3) is 0.250. The second-order valence-corrected chi connectivity index (χ2v) is 3.95. The molecule has 2 rings (SSSR count). The summed E-state index contributed by atoms with van der Waals surface area (Å²) in [5.74, 6) is -0.784. The molecule has 5 nitrogen and oxygen atoms in total. The van der Waals surface area contributed by atoms with Gasteiger partial charge in [-0.15, -0.1) is 0 Å². The van der Waals surface area contributed by atoms with Crippen LogP contribution in [0.4, 0.5) is 13.2 Å². The molecule has 0 radical (unpaired) electrons. The van der Waals surface area contributed by atoms with Crippen LogP contribution in [0.5, 0.6) is 0 Å². The Balaban J connectivity index is 1.92. The molecule has 0 spiro atoms. The highest BCUT2D eigenvalue weighted by atomic mass is 19.4. The number of alkyl halides is 3. The van der Waals surface area contributed by atoms with Gasteiger partial charge in [-0.3, -0.25) is 4.79 Å². The number of hydrogen-bond donors (Lipinski definition) is 1. The molecule has 0 unspecified atom stereocenters. The first-order valence-electron chi connectivity index (χ1n) is 5.65. The largest absolute Gasteiger partial charge is 0.397 e. The van der Waals surface area contributed by atoms with Gasteiger partial charge in [0.15, 0.2) is 5.82 Å². The van der Waals surface area contributed by atoms with E-state index in [1.807, 2.05) is 6.07 Å². The molecule has 0 bridgehead atoms. The molecule has 2 aromatic rings. The molecule has 1 aromatic heterocycles. The lowest BCUT2D eigenvalue weighted by atomic mass is 10.2. The number of hydrogen-bond acceptors (Lipinski definition) is 4. The van der Waals surface area contributed by atoms with Crippen molar-refractivity contribution in [1.29, 1.82) is 0 Å². The van der Waals surface area contributed by atoms with Crippen LogP contribution in [-0.4, -0.2) is 22.2 Å². The van der Waals surface area contributed by atoms with Crippen LogP contribution in [0.3, 0.4) is 0 Å². The number of halogens is 3. The summed E-state index contributed by atoms with van der Waals surface area (Å²) in [6, 6.07) is 8.88. The predicted octanol–water partition coefficient (Wildman–Crippen LogP) is 2.31. The van der Waals surface area contributed by atoms with E-state index >= 15 is 0 Å². The van der Waals surface area contributed by atoms with E-state index in [2.05, 4.69) is 15.5 Å². The van der Waals surface area contributed by atoms with Gasteiger partial charge in [-0.25, -0.2) is 0 Å². The minimum atomic E-state index is -4.53. The fourth-order valence-corrected chi connectivity index (χ4v) is 1.45. The highest BCUT2D eigenvalue weighted by molar-refractivity contribution is 5.76. The van der Waals surface area contributed by atoms with Gasteiger partial charge in [0.25, 0.3) is 5.89 Å². The summed E-state index contributed by atoms with van der Waals surface area (Å²) in [6.07, 6.45) is -6.06. The molecule has 0 aliphatic rings. The van der Waals surface area contributed by atoms with Gasteiger partial charge in [0.05, 0.1) is 6.54 Å². The van der Waals surface area contributed by atoms with Crippen LogP contribution >= 0.6 is 0 Å². The number of benzene rings is 1. The zero-order valence-electron chi connectivity index (χ0n) is 10.1. The Hall–Kier alpha value is -2.38. The molecular weight excluding hydrogens is 275 g/mol. The van der Waals surface area contributed by atoms with E-state index in [0.29, 0.717) is 5.56 Å². The zero-order valence-corrected chi connectivity index (χ0v) is 10.1. The quantitative estimate of drug-likeness (QED) is 0.936. The Morgan fingerprint density at radius 3 is 2.60 bits per heavy atom. The monoisotopic (exact) mass is 285 g/mol. The van der Waals surface area contributed by atoms with Gasteiger partial charge in [0.2, 0.25) is 5.91 Å². The van der Waals surface area contributed by atoms with Crippen LogP contribution in [0.15, 0.2) is 34.9 Å². The summed E-state index contributed by atoms with van der Waals surface area (Å²) < 4.78 is 40.8. The van der Waals surface area contributed by atoms with Crippen molar-refractivity contribution in [1.82, 2.24) is 15.5 Å². The summed E-state index contributed by atoms with van der Waals surface area (Å²) in [7, 11) is 0. The maximum absolute atomic E-state index is 11.9. The van der Waals surface area contributed by atoms with E-state index in [-0.39, 0.29) is 18.3 Å². The summed E-state index contributed by atoms with van der Waals surface area (Å²) in [6.45, 7) is -0.217. The lowest BCUT2D eigenvalue weighted by Crippen LogP contribution is -2.28. The van der Waals surface area contributed by atoms with E-state index in [1.54, 1.807) is 24.3 Å². The number of carbonyl (C=O) groups is 1. The van der Waals surface area contributed by atoms with E-state index in [4.69, 9.17) is 4.52 Å². The third-order valence-electron chi connectivity index (χ3n) is 2.29. The van der Waals surface area contributed by atoms with Crippen molar-refractivity contribution >= 4 is 5.91 Å². The van der Waals surface area contributed by atoms with Crippen LogP contribution in [0, 0.1) is 0 Å². The van der Waals surface area contributed by atoms with E-state index in [1.165, 1.54) is 0 Å². The van der Waals surface area contributed by atoms with Gasteiger partial charge in [-0.2, -0.15) is 18.2 Å². The van der Waals surface area contributed by atoms with E-state index in [9.17, 15) is 18.0 Å². The van der Waals surface area contributed by atoms with Gasteiger partial charge in [0, 0.05) is 5.56 Å². The van der Waals surface area contributed by atoms with Crippen LogP contribution in [0.1, 0.15) is 12.2 Å². The second kappa shape index (κ2) is 5.72. The first-order valence-corrected chi connectivity index (χ1v) is 5.65. The Labute approximate surface area is 111 Å².